The molecule has 0 heterocycles. The summed E-state index contributed by atoms with van der Waals surface area (Å²) < 4.78 is 11.5. The van der Waals surface area contributed by atoms with Crippen LogP contribution >= 0.6 is 11.6 Å². The van der Waals surface area contributed by atoms with E-state index in [1.807, 2.05) is 44.2 Å². The summed E-state index contributed by atoms with van der Waals surface area (Å²) in [6.07, 6.45) is 0.202. The molecule has 0 N–H and O–H groups in total. The molecule has 0 aliphatic heterocycles. The number of halogens is 1. The molecule has 0 aromatic heterocycles. The van der Waals surface area contributed by atoms with Gasteiger partial charge in [-0.3, -0.25) is 0 Å². The predicted molar refractivity (Wildman–Crippen MR) is 91.8 cm³/mol. The molecule has 0 aliphatic rings. The van der Waals surface area contributed by atoms with Crippen molar-refractivity contribution in [1.29, 1.82) is 0 Å². The Morgan fingerprint density at radius 2 is 1.87 bits per heavy atom. The molecule has 0 radical (unpaired) electrons. The molecule has 0 saturated carbocycles. The largest absolute Gasteiger partial charge is 0.456 e. The molecular formula is C19H21ClO3. The molecular weight excluding hydrogens is 312 g/mol. The van der Waals surface area contributed by atoms with Gasteiger partial charge in [0.15, 0.2) is 0 Å². The number of carbonyl (C=O) groups excluding carboxylic acids is 1. The lowest BCUT2D eigenvalue weighted by molar-refractivity contribution is -0.0477. The van der Waals surface area contributed by atoms with Crippen molar-refractivity contribution < 1.29 is 14.3 Å². The zero-order valence-corrected chi connectivity index (χ0v) is 14.1. The summed E-state index contributed by atoms with van der Waals surface area (Å²) in [5.41, 5.74) is 1.43. The van der Waals surface area contributed by atoms with Crippen LogP contribution in [0, 0.1) is 0 Å². The second kappa shape index (κ2) is 8.70. The highest BCUT2D eigenvalue weighted by atomic mass is 35.5. The fourth-order valence-electron chi connectivity index (χ4n) is 2.30. The monoisotopic (exact) mass is 332 g/mol. The molecule has 23 heavy (non-hydrogen) atoms. The van der Waals surface area contributed by atoms with E-state index in [0.717, 1.165) is 12.0 Å². The fraction of sp³-hybridized carbons (Fsp3) is 0.316. The summed E-state index contributed by atoms with van der Waals surface area (Å²) in [7, 11) is 0. The lowest BCUT2D eigenvalue weighted by Gasteiger charge is -2.25. The first-order valence-corrected chi connectivity index (χ1v) is 8.12. The van der Waals surface area contributed by atoms with Crippen molar-refractivity contribution >= 4 is 17.6 Å². The van der Waals surface area contributed by atoms with E-state index in [-0.39, 0.29) is 6.10 Å². The van der Waals surface area contributed by atoms with E-state index < -0.39 is 12.1 Å². The van der Waals surface area contributed by atoms with E-state index >= 15 is 0 Å². The average Bonchev–Trinajstić information content (AvgIpc) is 2.56. The summed E-state index contributed by atoms with van der Waals surface area (Å²) >= 11 is 5.92. The number of rotatable bonds is 7. The Labute approximate surface area is 142 Å². The maximum absolute atomic E-state index is 12.3. The quantitative estimate of drug-likeness (QED) is 0.665. The molecule has 2 aromatic rings. The summed E-state index contributed by atoms with van der Waals surface area (Å²) in [5, 5.41) is 0.508. The second-order valence-electron chi connectivity index (χ2n) is 5.32. The minimum atomic E-state index is -0.407. The van der Waals surface area contributed by atoms with Crippen LogP contribution < -0.4 is 0 Å². The fourth-order valence-corrected chi connectivity index (χ4v) is 2.49. The third-order valence-electron chi connectivity index (χ3n) is 3.41. The van der Waals surface area contributed by atoms with E-state index in [0.29, 0.717) is 17.2 Å². The van der Waals surface area contributed by atoms with Crippen LogP contribution in [0.3, 0.4) is 0 Å². The van der Waals surface area contributed by atoms with Gasteiger partial charge in [-0.25, -0.2) is 4.79 Å². The first-order chi connectivity index (χ1) is 11.1. The maximum Gasteiger partial charge on any atom is 0.338 e. The van der Waals surface area contributed by atoms with Crippen LogP contribution in [0.25, 0.3) is 0 Å². The van der Waals surface area contributed by atoms with Gasteiger partial charge in [-0.1, -0.05) is 54.9 Å². The van der Waals surface area contributed by atoms with E-state index in [2.05, 4.69) is 0 Å². The van der Waals surface area contributed by atoms with E-state index in [9.17, 15) is 4.79 Å². The van der Waals surface area contributed by atoms with Crippen LogP contribution in [-0.2, 0) is 9.47 Å². The molecule has 0 fully saturated rings. The standard InChI is InChI=1S/C19H21ClO3/c1-3-12-22-18(15-8-5-4-6-9-15)14(2)23-19(21)16-10-7-11-17(20)13-16/h4-11,13-14,18H,3,12H2,1-2H3. The lowest BCUT2D eigenvalue weighted by atomic mass is 10.1. The van der Waals surface area contributed by atoms with Crippen LogP contribution in [0.2, 0.25) is 5.02 Å². The third kappa shape index (κ3) is 5.08. The van der Waals surface area contributed by atoms with E-state index in [1.165, 1.54) is 0 Å². The molecule has 122 valence electrons. The first-order valence-electron chi connectivity index (χ1n) is 7.75. The van der Waals surface area contributed by atoms with Crippen molar-refractivity contribution in [1.82, 2.24) is 0 Å². The van der Waals surface area contributed by atoms with Gasteiger partial charge in [-0.05, 0) is 37.1 Å². The normalized spacial score (nSPS) is 13.3. The van der Waals surface area contributed by atoms with Gasteiger partial charge in [0.25, 0.3) is 0 Å². The number of ether oxygens (including phenoxy) is 2. The predicted octanol–water partition coefficient (Wildman–Crippen LogP) is 5.05. The zero-order valence-electron chi connectivity index (χ0n) is 13.4. The van der Waals surface area contributed by atoms with E-state index in [4.69, 9.17) is 21.1 Å². The van der Waals surface area contributed by atoms with Gasteiger partial charge < -0.3 is 9.47 Å². The summed E-state index contributed by atoms with van der Waals surface area (Å²) in [5.74, 6) is -0.402. The second-order valence-corrected chi connectivity index (χ2v) is 5.76. The van der Waals surface area contributed by atoms with Gasteiger partial charge in [-0.15, -0.1) is 0 Å². The molecule has 4 heteroatoms. The average molecular weight is 333 g/mol. The number of esters is 1. The molecule has 2 rings (SSSR count). The first kappa shape index (κ1) is 17.5. The van der Waals surface area contributed by atoms with Crippen LogP contribution in [0.4, 0.5) is 0 Å². The Kier molecular flexibility index (Phi) is 6.63. The molecule has 0 amide bonds. The van der Waals surface area contributed by atoms with Gasteiger partial charge in [0.1, 0.15) is 12.2 Å². The SMILES string of the molecule is CCCOC(c1ccccc1)C(C)OC(=O)c1cccc(Cl)c1. The topological polar surface area (TPSA) is 35.5 Å². The van der Waals surface area contributed by atoms with Gasteiger partial charge in [0.05, 0.1) is 5.56 Å². The Morgan fingerprint density at radius 1 is 1.13 bits per heavy atom. The minimum Gasteiger partial charge on any atom is -0.456 e. The van der Waals surface area contributed by atoms with Crippen molar-refractivity contribution in [2.75, 3.05) is 6.61 Å². The molecule has 2 unspecified atom stereocenters. The molecule has 2 atom stereocenters. The Balaban J connectivity index is 2.11. The number of benzene rings is 2. The molecule has 2 aromatic carbocycles. The van der Waals surface area contributed by atoms with Crippen molar-refractivity contribution in [2.24, 2.45) is 0 Å². The molecule has 0 bridgehead atoms. The Morgan fingerprint density at radius 3 is 2.52 bits per heavy atom. The van der Waals surface area contributed by atoms with E-state index in [1.54, 1.807) is 24.3 Å². The summed E-state index contributed by atoms with van der Waals surface area (Å²) in [4.78, 5) is 12.3. The molecule has 0 saturated heterocycles. The van der Waals surface area contributed by atoms with Gasteiger partial charge >= 0.3 is 5.97 Å². The van der Waals surface area contributed by atoms with Gasteiger partial charge in [0, 0.05) is 11.6 Å². The lowest BCUT2D eigenvalue weighted by Crippen LogP contribution is -2.25. The van der Waals surface area contributed by atoms with Gasteiger partial charge in [0.2, 0.25) is 0 Å². The van der Waals surface area contributed by atoms with Crippen molar-refractivity contribution in [3.8, 4) is 0 Å². The molecule has 3 nitrogen and oxygen atoms in total. The van der Waals surface area contributed by atoms with Crippen molar-refractivity contribution in [2.45, 2.75) is 32.5 Å². The highest BCUT2D eigenvalue weighted by Gasteiger charge is 2.24. The zero-order chi connectivity index (χ0) is 16.7. The molecule has 0 spiro atoms. The van der Waals surface area contributed by atoms with Crippen LogP contribution in [0.15, 0.2) is 54.6 Å². The van der Waals surface area contributed by atoms with Crippen molar-refractivity contribution in [3.63, 3.8) is 0 Å². The van der Waals surface area contributed by atoms with Crippen LogP contribution in [0.1, 0.15) is 42.3 Å². The van der Waals surface area contributed by atoms with Gasteiger partial charge in [-0.2, -0.15) is 0 Å². The maximum atomic E-state index is 12.3. The minimum absolute atomic E-state index is 0.292. The Bertz CT molecular complexity index is 628. The highest BCUT2D eigenvalue weighted by molar-refractivity contribution is 6.30. The van der Waals surface area contributed by atoms with Crippen LogP contribution in [0.5, 0.6) is 0 Å². The number of carbonyl (C=O) groups is 1. The smallest absolute Gasteiger partial charge is 0.338 e. The number of hydrogen-bond donors (Lipinski definition) is 0. The number of hydrogen-bond acceptors (Lipinski definition) is 3. The molecule has 0 aliphatic carbocycles. The highest BCUT2D eigenvalue weighted by Crippen LogP contribution is 2.24. The summed E-state index contributed by atoms with van der Waals surface area (Å²) in [6, 6.07) is 16.5. The Hall–Kier alpha value is -1.84. The summed E-state index contributed by atoms with van der Waals surface area (Å²) in [6.45, 7) is 4.50. The van der Waals surface area contributed by atoms with Crippen LogP contribution in [-0.4, -0.2) is 18.7 Å². The van der Waals surface area contributed by atoms with Crippen molar-refractivity contribution in [3.05, 3.63) is 70.7 Å². The third-order valence-corrected chi connectivity index (χ3v) is 3.64.